The first-order valence-electron chi connectivity index (χ1n) is 6.70. The van der Waals surface area contributed by atoms with Crippen LogP contribution in [0.1, 0.15) is 25.0 Å². The summed E-state index contributed by atoms with van der Waals surface area (Å²) in [7, 11) is -2.60. The Kier molecular flexibility index (Phi) is 7.00. The molecule has 0 saturated carbocycles. The van der Waals surface area contributed by atoms with E-state index < -0.39 is 13.6 Å². The average Bonchev–Trinajstić information content (AvgIpc) is 2.52. The van der Waals surface area contributed by atoms with Crippen LogP contribution in [0.15, 0.2) is 29.6 Å². The maximum absolute atomic E-state index is 12.8. The summed E-state index contributed by atoms with van der Waals surface area (Å²) in [6.45, 7) is 3.53. The molecule has 118 valence electrons. The summed E-state index contributed by atoms with van der Waals surface area (Å²) in [5.41, 5.74) is 0.944. The van der Waals surface area contributed by atoms with E-state index in [0.717, 1.165) is 0 Å². The lowest BCUT2D eigenvalue weighted by Gasteiger charge is -2.18. The number of rotatable bonds is 7. The highest BCUT2D eigenvalue weighted by Gasteiger charge is 2.35. The van der Waals surface area contributed by atoms with Crippen molar-refractivity contribution < 1.29 is 23.1 Å². The van der Waals surface area contributed by atoms with Gasteiger partial charge in [0.15, 0.2) is 0 Å². The van der Waals surface area contributed by atoms with Gasteiger partial charge in [-0.1, -0.05) is 12.1 Å². The Labute approximate surface area is 129 Å². The number of hydrogen-bond acceptors (Lipinski definition) is 6. The lowest BCUT2D eigenvalue weighted by Crippen LogP contribution is -2.09. The molecule has 0 spiro atoms. The van der Waals surface area contributed by atoms with E-state index in [1.165, 1.54) is 13.2 Å². The van der Waals surface area contributed by atoms with Gasteiger partial charge in [0.25, 0.3) is 0 Å². The van der Waals surface area contributed by atoms with Gasteiger partial charge < -0.3 is 13.8 Å². The first-order valence-corrected chi connectivity index (χ1v) is 8.24. The lowest BCUT2D eigenvalue weighted by atomic mass is 10.1. The predicted octanol–water partition coefficient (Wildman–Crippen LogP) is 3.34. The third-order valence-corrected chi connectivity index (χ3v) is 4.70. The average molecular weight is 323 g/mol. The minimum absolute atomic E-state index is 0.115. The second-order valence-corrected chi connectivity index (χ2v) is 6.08. The highest BCUT2D eigenvalue weighted by atomic mass is 31.2. The molecule has 7 heteroatoms. The smallest absolute Gasteiger partial charge is 0.368 e. The van der Waals surface area contributed by atoms with Crippen molar-refractivity contribution in [2.45, 2.75) is 13.8 Å². The molecule has 22 heavy (non-hydrogen) atoms. The van der Waals surface area contributed by atoms with Crippen LogP contribution >= 0.6 is 7.60 Å². The Morgan fingerprint density at radius 1 is 1.32 bits per heavy atom. The van der Waals surface area contributed by atoms with Crippen molar-refractivity contribution in [2.75, 3.05) is 20.3 Å². The summed E-state index contributed by atoms with van der Waals surface area (Å²) in [5, 5.41) is 8.71. The first-order chi connectivity index (χ1) is 10.5. The van der Waals surface area contributed by atoms with Crippen LogP contribution in [0.4, 0.5) is 0 Å². The van der Waals surface area contributed by atoms with Crippen LogP contribution in [0.5, 0.6) is 0 Å². The van der Waals surface area contributed by atoms with Gasteiger partial charge in [-0.15, -0.1) is 0 Å². The fourth-order valence-electron chi connectivity index (χ4n) is 1.73. The largest absolute Gasteiger partial charge is 0.465 e. The van der Waals surface area contributed by atoms with Crippen LogP contribution in [0.25, 0.3) is 6.08 Å². The highest BCUT2D eigenvalue weighted by molar-refractivity contribution is 7.60. The second kappa shape index (κ2) is 8.50. The molecule has 1 rings (SSSR count). The SMILES string of the molecule is CCOP(=O)(OCC)/C(=C/c1cccc(C#N)c1)C(=O)OC. The van der Waals surface area contributed by atoms with Gasteiger partial charge in [0.1, 0.15) is 5.31 Å². The van der Waals surface area contributed by atoms with Gasteiger partial charge in [-0.05, 0) is 37.6 Å². The van der Waals surface area contributed by atoms with Crippen molar-refractivity contribution in [1.29, 1.82) is 5.26 Å². The molecule has 0 atom stereocenters. The van der Waals surface area contributed by atoms with Crippen LogP contribution in [0.2, 0.25) is 0 Å². The zero-order valence-corrected chi connectivity index (χ0v) is 13.6. The molecule has 0 unspecified atom stereocenters. The Morgan fingerprint density at radius 2 is 1.95 bits per heavy atom. The number of nitriles is 1. The fraction of sp³-hybridized carbons (Fsp3) is 0.333. The number of hydrogen-bond donors (Lipinski definition) is 0. The van der Waals surface area contributed by atoms with Gasteiger partial charge in [0.2, 0.25) is 0 Å². The summed E-state index contributed by atoms with van der Waals surface area (Å²) in [6.07, 6.45) is 1.36. The van der Waals surface area contributed by atoms with E-state index in [-0.39, 0.29) is 18.5 Å². The molecule has 0 heterocycles. The number of carbonyl (C=O) groups excluding carboxylic acids is 1. The first kappa shape index (κ1) is 18.1. The van der Waals surface area contributed by atoms with E-state index in [1.807, 2.05) is 6.07 Å². The van der Waals surface area contributed by atoms with E-state index in [9.17, 15) is 9.36 Å². The second-order valence-electron chi connectivity index (χ2n) is 4.09. The van der Waals surface area contributed by atoms with Crippen molar-refractivity contribution in [1.82, 2.24) is 0 Å². The molecule has 0 aromatic heterocycles. The Bertz CT molecular complexity index is 638. The van der Waals surface area contributed by atoms with Crippen molar-refractivity contribution >= 4 is 19.6 Å². The number of carbonyl (C=O) groups is 1. The minimum Gasteiger partial charge on any atom is -0.465 e. The lowest BCUT2D eigenvalue weighted by molar-refractivity contribution is -0.135. The zero-order chi connectivity index (χ0) is 16.6. The number of benzene rings is 1. The zero-order valence-electron chi connectivity index (χ0n) is 12.7. The molecule has 6 nitrogen and oxygen atoms in total. The number of ether oxygens (including phenoxy) is 1. The third kappa shape index (κ3) is 4.54. The molecule has 0 amide bonds. The number of esters is 1. The van der Waals surface area contributed by atoms with Crippen LogP contribution < -0.4 is 0 Å². The Hall–Kier alpha value is -1.93. The molecule has 0 N–H and O–H groups in total. The fourth-order valence-corrected chi connectivity index (χ4v) is 3.38. The molecular weight excluding hydrogens is 305 g/mol. The summed E-state index contributed by atoms with van der Waals surface area (Å²) < 4.78 is 27.8. The molecule has 0 aliphatic rings. The van der Waals surface area contributed by atoms with Gasteiger partial charge in [-0.3, -0.25) is 4.57 Å². The summed E-state index contributed by atoms with van der Waals surface area (Å²) in [5.74, 6) is -0.799. The van der Waals surface area contributed by atoms with Crippen LogP contribution in [-0.2, 0) is 23.1 Å². The maximum atomic E-state index is 12.8. The normalized spacial score (nSPS) is 11.8. The van der Waals surface area contributed by atoms with Gasteiger partial charge in [-0.2, -0.15) is 5.26 Å². The van der Waals surface area contributed by atoms with E-state index >= 15 is 0 Å². The highest BCUT2D eigenvalue weighted by Crippen LogP contribution is 2.56. The van der Waals surface area contributed by atoms with E-state index in [4.69, 9.17) is 14.3 Å². The summed E-state index contributed by atoms with van der Waals surface area (Å²) >= 11 is 0. The molecule has 0 bridgehead atoms. The van der Waals surface area contributed by atoms with Gasteiger partial charge in [-0.25, -0.2) is 4.79 Å². The Balaban J connectivity index is 3.38. The van der Waals surface area contributed by atoms with Gasteiger partial charge in [0.05, 0.1) is 32.0 Å². The Morgan fingerprint density at radius 3 is 2.45 bits per heavy atom. The topological polar surface area (TPSA) is 85.6 Å². The van der Waals surface area contributed by atoms with Crippen LogP contribution in [0, 0.1) is 11.3 Å². The van der Waals surface area contributed by atoms with Crippen LogP contribution in [0.3, 0.4) is 0 Å². The summed E-state index contributed by atoms with van der Waals surface area (Å²) in [4.78, 5) is 12.0. The standard InChI is InChI=1S/C15H18NO5P/c1-4-20-22(18,21-5-2)14(15(17)19-3)10-12-7-6-8-13(9-12)11-16/h6-10H,4-5H2,1-3H3/b14-10+. The minimum atomic E-state index is -3.79. The molecule has 1 aromatic rings. The monoisotopic (exact) mass is 323 g/mol. The molecule has 0 aliphatic heterocycles. The van der Waals surface area contributed by atoms with E-state index in [2.05, 4.69) is 4.74 Å². The van der Waals surface area contributed by atoms with Gasteiger partial charge >= 0.3 is 13.6 Å². The van der Waals surface area contributed by atoms with E-state index in [1.54, 1.807) is 38.1 Å². The molecule has 1 aromatic carbocycles. The number of methoxy groups -OCH3 is 1. The van der Waals surface area contributed by atoms with Crippen molar-refractivity contribution in [3.8, 4) is 6.07 Å². The van der Waals surface area contributed by atoms with Gasteiger partial charge in [0, 0.05) is 0 Å². The molecular formula is C15H18NO5P. The molecule has 0 radical (unpaired) electrons. The van der Waals surface area contributed by atoms with Crippen molar-refractivity contribution in [3.63, 3.8) is 0 Å². The molecule has 0 saturated heterocycles. The molecule has 0 aliphatic carbocycles. The number of nitrogens with zero attached hydrogens (tertiary/aromatic N) is 1. The third-order valence-electron chi connectivity index (χ3n) is 2.61. The van der Waals surface area contributed by atoms with E-state index in [0.29, 0.717) is 11.1 Å². The van der Waals surface area contributed by atoms with Crippen molar-refractivity contribution in [2.24, 2.45) is 0 Å². The van der Waals surface area contributed by atoms with Crippen molar-refractivity contribution in [3.05, 3.63) is 40.7 Å². The quantitative estimate of drug-likeness (QED) is 0.434. The maximum Gasteiger partial charge on any atom is 0.368 e. The summed E-state index contributed by atoms with van der Waals surface area (Å²) in [6, 6.07) is 8.51. The predicted molar refractivity (Wildman–Crippen MR) is 82.0 cm³/mol. The van der Waals surface area contributed by atoms with Crippen LogP contribution in [-0.4, -0.2) is 26.3 Å². The molecule has 0 fully saturated rings.